The molecule has 2 aromatic rings. The number of carbonyl (C=O) groups excluding carboxylic acids is 1. The first-order valence-corrected chi connectivity index (χ1v) is 8.03. The van der Waals surface area contributed by atoms with Gasteiger partial charge in [0.1, 0.15) is 0 Å². The molecular weight excluding hydrogens is 350 g/mol. The van der Waals surface area contributed by atoms with E-state index in [9.17, 15) is 13.6 Å². The molecule has 1 aliphatic carbocycles. The van der Waals surface area contributed by atoms with E-state index in [1.54, 1.807) is 4.68 Å². The molecule has 1 aliphatic rings. The molecule has 25 heavy (non-hydrogen) atoms. The van der Waals surface area contributed by atoms with Gasteiger partial charge in [-0.15, -0.1) is 12.4 Å². The lowest BCUT2D eigenvalue weighted by Gasteiger charge is -2.10. The maximum atomic E-state index is 13.5. The summed E-state index contributed by atoms with van der Waals surface area (Å²) in [6.45, 7) is 2.45. The number of aromatic nitrogens is 2. The van der Waals surface area contributed by atoms with E-state index in [1.165, 1.54) is 6.07 Å². The lowest BCUT2D eigenvalue weighted by Crippen LogP contribution is -2.37. The van der Waals surface area contributed by atoms with Gasteiger partial charge in [0, 0.05) is 29.9 Å². The zero-order chi connectivity index (χ0) is 17.3. The third-order valence-electron chi connectivity index (χ3n) is 4.35. The minimum Gasteiger partial charge on any atom is -0.349 e. The highest BCUT2D eigenvalue weighted by molar-refractivity contribution is 5.94. The molecule has 5 nitrogen and oxygen atoms in total. The molecule has 0 saturated carbocycles. The van der Waals surface area contributed by atoms with Gasteiger partial charge < -0.3 is 10.6 Å². The standard InChI is InChI=1S/C17H20F2N4O.ClH/c1-10(20-2)9-21-17(24)16-12-4-3-5-15(12)23(22-16)11-6-7-13(18)14(19)8-11;/h6-8,10,20H,3-5,9H2,1-2H3,(H,21,24);1H. The molecule has 0 aliphatic heterocycles. The van der Waals surface area contributed by atoms with Crippen LogP contribution in [0.25, 0.3) is 5.69 Å². The van der Waals surface area contributed by atoms with Crippen LogP contribution in [0.3, 0.4) is 0 Å². The van der Waals surface area contributed by atoms with Crippen molar-refractivity contribution < 1.29 is 13.6 Å². The monoisotopic (exact) mass is 370 g/mol. The molecule has 1 aromatic heterocycles. The van der Waals surface area contributed by atoms with E-state index in [1.807, 2.05) is 14.0 Å². The Labute approximate surface area is 151 Å². The molecular formula is C17H21ClF2N4O. The van der Waals surface area contributed by atoms with Crippen LogP contribution in [-0.2, 0) is 12.8 Å². The highest BCUT2D eigenvalue weighted by atomic mass is 35.5. The minimum absolute atomic E-state index is 0. The number of halogens is 3. The Kier molecular flexibility index (Phi) is 6.13. The van der Waals surface area contributed by atoms with Gasteiger partial charge in [0.25, 0.3) is 5.91 Å². The van der Waals surface area contributed by atoms with Crippen molar-refractivity contribution in [2.24, 2.45) is 0 Å². The topological polar surface area (TPSA) is 58.9 Å². The summed E-state index contributed by atoms with van der Waals surface area (Å²) in [6.07, 6.45) is 2.45. The summed E-state index contributed by atoms with van der Waals surface area (Å²) < 4.78 is 28.2. The Bertz CT molecular complexity index is 778. The average Bonchev–Trinajstić information content (AvgIpc) is 3.17. The van der Waals surface area contributed by atoms with Crippen LogP contribution in [-0.4, -0.2) is 35.3 Å². The molecule has 0 radical (unpaired) electrons. The van der Waals surface area contributed by atoms with Crippen LogP contribution in [0.4, 0.5) is 8.78 Å². The first-order chi connectivity index (χ1) is 11.5. The van der Waals surface area contributed by atoms with Crippen LogP contribution in [0, 0.1) is 11.6 Å². The first-order valence-electron chi connectivity index (χ1n) is 8.03. The van der Waals surface area contributed by atoms with Gasteiger partial charge in [0.2, 0.25) is 0 Å². The zero-order valence-electron chi connectivity index (χ0n) is 14.1. The van der Waals surface area contributed by atoms with E-state index < -0.39 is 11.6 Å². The molecule has 8 heteroatoms. The number of hydrogen-bond donors (Lipinski definition) is 2. The molecule has 0 spiro atoms. The van der Waals surface area contributed by atoms with Crippen LogP contribution in [0.5, 0.6) is 0 Å². The molecule has 0 saturated heterocycles. The molecule has 1 atom stereocenters. The van der Waals surface area contributed by atoms with Crippen molar-refractivity contribution in [2.45, 2.75) is 32.2 Å². The minimum atomic E-state index is -0.927. The highest BCUT2D eigenvalue weighted by Gasteiger charge is 2.27. The largest absolute Gasteiger partial charge is 0.349 e. The second-order valence-electron chi connectivity index (χ2n) is 6.04. The maximum absolute atomic E-state index is 13.5. The van der Waals surface area contributed by atoms with Gasteiger partial charge in [0.05, 0.1) is 5.69 Å². The molecule has 0 bridgehead atoms. The number of nitrogens with zero attached hydrogens (tertiary/aromatic N) is 2. The summed E-state index contributed by atoms with van der Waals surface area (Å²) in [7, 11) is 1.83. The first kappa shape index (κ1) is 19.3. The van der Waals surface area contributed by atoms with Crippen molar-refractivity contribution in [3.63, 3.8) is 0 Å². The lowest BCUT2D eigenvalue weighted by atomic mass is 10.2. The number of amides is 1. The van der Waals surface area contributed by atoms with Gasteiger partial charge in [-0.25, -0.2) is 13.5 Å². The Morgan fingerprint density at radius 1 is 1.32 bits per heavy atom. The van der Waals surface area contributed by atoms with Crippen LogP contribution in [0.1, 0.15) is 35.1 Å². The Balaban J connectivity index is 0.00000225. The second-order valence-corrected chi connectivity index (χ2v) is 6.04. The van der Waals surface area contributed by atoms with Crippen LogP contribution in [0.15, 0.2) is 18.2 Å². The van der Waals surface area contributed by atoms with E-state index in [-0.39, 0.29) is 24.4 Å². The molecule has 1 unspecified atom stereocenters. The Hall–Kier alpha value is -1.99. The van der Waals surface area contributed by atoms with Gasteiger partial charge in [-0.2, -0.15) is 5.10 Å². The summed E-state index contributed by atoms with van der Waals surface area (Å²) in [5, 5.41) is 10.3. The smallest absolute Gasteiger partial charge is 0.272 e. The number of likely N-dealkylation sites (N-methyl/N-ethyl adjacent to an activating group) is 1. The predicted molar refractivity (Wildman–Crippen MR) is 93.6 cm³/mol. The number of nitrogens with one attached hydrogen (secondary N) is 2. The summed E-state index contributed by atoms with van der Waals surface area (Å²) in [6, 6.07) is 3.79. The molecule has 3 rings (SSSR count). The van der Waals surface area contributed by atoms with E-state index >= 15 is 0 Å². The fourth-order valence-electron chi connectivity index (χ4n) is 2.88. The van der Waals surface area contributed by atoms with Crippen LogP contribution >= 0.6 is 12.4 Å². The number of rotatable bonds is 5. The Morgan fingerprint density at radius 3 is 2.76 bits per heavy atom. The quantitative estimate of drug-likeness (QED) is 0.849. The fourth-order valence-corrected chi connectivity index (χ4v) is 2.88. The van der Waals surface area contributed by atoms with Gasteiger partial charge >= 0.3 is 0 Å². The van der Waals surface area contributed by atoms with Gasteiger partial charge in [-0.05, 0) is 45.4 Å². The fraction of sp³-hybridized carbons (Fsp3) is 0.412. The van der Waals surface area contributed by atoms with E-state index in [0.29, 0.717) is 17.9 Å². The van der Waals surface area contributed by atoms with Gasteiger partial charge in [0.15, 0.2) is 17.3 Å². The zero-order valence-corrected chi connectivity index (χ0v) is 14.9. The third-order valence-corrected chi connectivity index (χ3v) is 4.35. The predicted octanol–water partition coefficient (Wildman–Crippen LogP) is 2.40. The van der Waals surface area contributed by atoms with Crippen molar-refractivity contribution in [1.29, 1.82) is 0 Å². The Morgan fingerprint density at radius 2 is 2.08 bits per heavy atom. The molecule has 136 valence electrons. The van der Waals surface area contributed by atoms with Crippen LogP contribution in [0.2, 0.25) is 0 Å². The van der Waals surface area contributed by atoms with Gasteiger partial charge in [-0.3, -0.25) is 4.79 Å². The maximum Gasteiger partial charge on any atom is 0.272 e. The molecule has 1 aromatic carbocycles. The third kappa shape index (κ3) is 3.82. The number of fused-ring (bicyclic) bond motifs is 1. The van der Waals surface area contributed by atoms with Crippen molar-refractivity contribution in [3.05, 3.63) is 46.8 Å². The molecule has 2 N–H and O–H groups in total. The second kappa shape index (κ2) is 7.93. The summed E-state index contributed by atoms with van der Waals surface area (Å²) in [4.78, 5) is 12.4. The summed E-state index contributed by atoms with van der Waals surface area (Å²) >= 11 is 0. The van der Waals surface area contributed by atoms with E-state index in [4.69, 9.17) is 0 Å². The van der Waals surface area contributed by atoms with Crippen molar-refractivity contribution >= 4 is 18.3 Å². The summed E-state index contributed by atoms with van der Waals surface area (Å²) in [5.41, 5.74) is 2.59. The van der Waals surface area contributed by atoms with E-state index in [2.05, 4.69) is 15.7 Å². The van der Waals surface area contributed by atoms with Crippen molar-refractivity contribution in [2.75, 3.05) is 13.6 Å². The van der Waals surface area contributed by atoms with Crippen molar-refractivity contribution in [1.82, 2.24) is 20.4 Å². The van der Waals surface area contributed by atoms with E-state index in [0.717, 1.165) is 42.7 Å². The van der Waals surface area contributed by atoms with Gasteiger partial charge in [-0.1, -0.05) is 0 Å². The molecule has 0 fully saturated rings. The SMILES string of the molecule is CNC(C)CNC(=O)c1nn(-c2ccc(F)c(F)c2)c2c1CCC2.Cl. The lowest BCUT2D eigenvalue weighted by molar-refractivity contribution is 0.0944. The number of carbonyl (C=O) groups is 1. The average molecular weight is 371 g/mol. The summed E-state index contributed by atoms with van der Waals surface area (Å²) in [5.74, 6) is -2.07. The molecule has 1 heterocycles. The highest BCUT2D eigenvalue weighted by Crippen LogP contribution is 2.28. The van der Waals surface area contributed by atoms with Crippen LogP contribution < -0.4 is 10.6 Å². The molecule has 1 amide bonds. The number of hydrogen-bond acceptors (Lipinski definition) is 3. The van der Waals surface area contributed by atoms with Crippen molar-refractivity contribution in [3.8, 4) is 5.69 Å². The normalized spacial score (nSPS) is 13.9. The number of benzene rings is 1.